The third kappa shape index (κ3) is 3.18. The van der Waals surface area contributed by atoms with Gasteiger partial charge in [0.2, 0.25) is 5.95 Å². The van der Waals surface area contributed by atoms with Crippen LogP contribution in [0.4, 0.5) is 5.95 Å². The Hall–Kier alpha value is -2.72. The Kier molecular flexibility index (Phi) is 4.42. The van der Waals surface area contributed by atoms with Gasteiger partial charge in [-0.15, -0.1) is 0 Å². The maximum atomic E-state index is 12.2. The van der Waals surface area contributed by atoms with Gasteiger partial charge < -0.3 is 5.11 Å². The third-order valence-corrected chi connectivity index (χ3v) is 2.46. The fourth-order valence-electron chi connectivity index (χ4n) is 1.48. The molecule has 20 heavy (non-hydrogen) atoms. The van der Waals surface area contributed by atoms with Crippen molar-refractivity contribution in [2.45, 2.75) is 6.42 Å². The van der Waals surface area contributed by atoms with Crippen molar-refractivity contribution in [1.29, 1.82) is 0 Å². The number of pyridine rings is 1. The number of hydrogen-bond donors (Lipinski definition) is 2. The van der Waals surface area contributed by atoms with Crippen LogP contribution in [0.5, 0.6) is 0 Å². The molecule has 0 aliphatic heterocycles. The van der Waals surface area contributed by atoms with Gasteiger partial charge in [0.1, 0.15) is 6.33 Å². The quantitative estimate of drug-likeness (QED) is 0.778. The Morgan fingerprint density at radius 2 is 2.40 bits per heavy atom. The second-order valence-electron chi connectivity index (χ2n) is 3.86. The molecule has 0 spiro atoms. The summed E-state index contributed by atoms with van der Waals surface area (Å²) in [6.07, 6.45) is 4.72. The van der Waals surface area contributed by atoms with Gasteiger partial charge in [-0.3, -0.25) is 15.1 Å². The minimum Gasteiger partial charge on any atom is -0.395 e. The van der Waals surface area contributed by atoms with Crippen LogP contribution < -0.4 is 5.32 Å². The van der Waals surface area contributed by atoms with Crippen LogP contribution >= 0.6 is 0 Å². The van der Waals surface area contributed by atoms with E-state index in [-0.39, 0.29) is 12.5 Å². The lowest BCUT2D eigenvalue weighted by Crippen LogP contribution is -2.16. The number of aliphatic hydroxyl groups is 1. The summed E-state index contributed by atoms with van der Waals surface area (Å²) >= 11 is 0. The first kappa shape index (κ1) is 13.7. The maximum Gasteiger partial charge on any atom is 0.259 e. The van der Waals surface area contributed by atoms with E-state index >= 15 is 0 Å². The van der Waals surface area contributed by atoms with E-state index < -0.39 is 0 Å². The molecule has 102 valence electrons. The molecule has 0 unspecified atom stereocenters. The highest BCUT2D eigenvalue weighted by Crippen LogP contribution is 2.09. The van der Waals surface area contributed by atoms with Crippen molar-refractivity contribution < 1.29 is 9.90 Å². The molecule has 2 N–H and O–H groups in total. The van der Waals surface area contributed by atoms with Crippen molar-refractivity contribution in [2.24, 2.45) is 7.05 Å². The fraction of sp³-hybridized carbons (Fsp3) is 0.231. The van der Waals surface area contributed by atoms with E-state index in [2.05, 4.69) is 32.2 Å². The fourth-order valence-corrected chi connectivity index (χ4v) is 1.48. The normalized spacial score (nSPS) is 9.70. The Morgan fingerprint density at radius 3 is 3.10 bits per heavy atom. The van der Waals surface area contributed by atoms with Gasteiger partial charge in [0, 0.05) is 25.9 Å². The van der Waals surface area contributed by atoms with Gasteiger partial charge in [-0.1, -0.05) is 11.8 Å². The van der Waals surface area contributed by atoms with Gasteiger partial charge in [-0.25, -0.2) is 4.68 Å². The molecule has 0 aliphatic carbocycles. The molecule has 0 atom stereocenters. The molecule has 0 aromatic carbocycles. The van der Waals surface area contributed by atoms with Crippen molar-refractivity contribution >= 4 is 11.9 Å². The van der Waals surface area contributed by atoms with Crippen LogP contribution in [0, 0.1) is 11.8 Å². The third-order valence-electron chi connectivity index (χ3n) is 2.46. The highest BCUT2D eigenvalue weighted by molar-refractivity contribution is 6.05. The Morgan fingerprint density at radius 1 is 1.55 bits per heavy atom. The molecule has 0 bridgehead atoms. The van der Waals surface area contributed by atoms with Crippen LogP contribution in [0.15, 0.2) is 24.8 Å². The second kappa shape index (κ2) is 6.45. The van der Waals surface area contributed by atoms with E-state index in [0.717, 1.165) is 0 Å². The summed E-state index contributed by atoms with van der Waals surface area (Å²) in [6.45, 7) is -0.0201. The molecule has 2 aromatic rings. The number of carbonyl (C=O) groups is 1. The van der Waals surface area contributed by atoms with Gasteiger partial charge in [-0.05, 0) is 6.07 Å². The zero-order chi connectivity index (χ0) is 14.4. The smallest absolute Gasteiger partial charge is 0.259 e. The minimum absolute atomic E-state index is 0.0201. The van der Waals surface area contributed by atoms with Crippen LogP contribution in [0.3, 0.4) is 0 Å². The summed E-state index contributed by atoms with van der Waals surface area (Å²) in [6, 6.07) is 1.58. The number of amides is 1. The average Bonchev–Trinajstić information content (AvgIpc) is 2.85. The molecule has 7 heteroatoms. The molecular weight excluding hydrogens is 258 g/mol. The molecule has 0 saturated carbocycles. The predicted octanol–water partition coefficient (Wildman–Crippen LogP) is 0.196. The van der Waals surface area contributed by atoms with Crippen molar-refractivity contribution in [3.8, 4) is 11.8 Å². The van der Waals surface area contributed by atoms with E-state index in [4.69, 9.17) is 5.11 Å². The first-order chi connectivity index (χ1) is 9.72. The zero-order valence-corrected chi connectivity index (χ0v) is 10.9. The standard InChI is InChI=1S/C13H13N5O2/c1-18-13(15-9-16-18)17-12(20)11-5-6-14-8-10(11)4-2-3-7-19/h5-6,8-9,19H,3,7H2,1H3,(H,15,16,17,20). The maximum absolute atomic E-state index is 12.2. The molecule has 2 heterocycles. The van der Waals surface area contributed by atoms with Gasteiger partial charge >= 0.3 is 0 Å². The number of carbonyl (C=O) groups excluding carboxylic acids is 1. The number of nitrogens with zero attached hydrogens (tertiary/aromatic N) is 4. The SMILES string of the molecule is Cn1ncnc1NC(=O)c1ccncc1C#CCCO. The van der Waals surface area contributed by atoms with Gasteiger partial charge in [0.25, 0.3) is 5.91 Å². The number of aromatic nitrogens is 4. The Bertz CT molecular complexity index is 669. The molecule has 0 aliphatic rings. The predicted molar refractivity (Wildman–Crippen MR) is 71.8 cm³/mol. The summed E-state index contributed by atoms with van der Waals surface area (Å²) in [4.78, 5) is 20.0. The monoisotopic (exact) mass is 271 g/mol. The van der Waals surface area contributed by atoms with Gasteiger partial charge in [-0.2, -0.15) is 10.1 Å². The number of aryl methyl sites for hydroxylation is 1. The van der Waals surface area contributed by atoms with Gasteiger partial charge in [0.05, 0.1) is 17.7 Å². The molecule has 2 aromatic heterocycles. The lowest BCUT2D eigenvalue weighted by Gasteiger charge is -2.05. The first-order valence-electron chi connectivity index (χ1n) is 5.91. The van der Waals surface area contributed by atoms with Crippen molar-refractivity contribution in [3.05, 3.63) is 35.9 Å². The first-order valence-corrected chi connectivity index (χ1v) is 5.91. The van der Waals surface area contributed by atoms with Crippen molar-refractivity contribution in [1.82, 2.24) is 19.7 Å². The lowest BCUT2D eigenvalue weighted by atomic mass is 10.1. The number of rotatable bonds is 3. The zero-order valence-electron chi connectivity index (χ0n) is 10.9. The highest BCUT2D eigenvalue weighted by Gasteiger charge is 2.12. The van der Waals surface area contributed by atoms with Crippen LogP contribution in [-0.4, -0.2) is 37.4 Å². The van der Waals surface area contributed by atoms with E-state index in [1.54, 1.807) is 13.1 Å². The molecular formula is C13H13N5O2. The molecule has 0 fully saturated rings. The van der Waals surface area contributed by atoms with Crippen LogP contribution in [0.2, 0.25) is 0 Å². The summed E-state index contributed by atoms with van der Waals surface area (Å²) in [5, 5.41) is 15.2. The summed E-state index contributed by atoms with van der Waals surface area (Å²) in [5.74, 6) is 5.59. The number of hydrogen-bond acceptors (Lipinski definition) is 5. The average molecular weight is 271 g/mol. The number of aliphatic hydroxyl groups excluding tert-OH is 1. The molecule has 2 rings (SSSR count). The Labute approximate surface area is 115 Å². The second-order valence-corrected chi connectivity index (χ2v) is 3.86. The van der Waals surface area contributed by atoms with E-state index in [1.807, 2.05) is 0 Å². The van der Waals surface area contributed by atoms with E-state index in [0.29, 0.717) is 23.5 Å². The topological polar surface area (TPSA) is 92.9 Å². The number of nitrogens with one attached hydrogen (secondary N) is 1. The van der Waals surface area contributed by atoms with Crippen molar-refractivity contribution in [2.75, 3.05) is 11.9 Å². The highest BCUT2D eigenvalue weighted by atomic mass is 16.2. The summed E-state index contributed by atoms with van der Waals surface area (Å²) in [5.41, 5.74) is 0.897. The largest absolute Gasteiger partial charge is 0.395 e. The van der Waals surface area contributed by atoms with Crippen LogP contribution in [0.25, 0.3) is 0 Å². The minimum atomic E-state index is -0.336. The Balaban J connectivity index is 2.22. The molecule has 7 nitrogen and oxygen atoms in total. The van der Waals surface area contributed by atoms with Crippen LogP contribution in [-0.2, 0) is 7.05 Å². The van der Waals surface area contributed by atoms with Crippen LogP contribution in [0.1, 0.15) is 22.3 Å². The van der Waals surface area contributed by atoms with E-state index in [1.165, 1.54) is 23.4 Å². The molecule has 0 saturated heterocycles. The molecule has 1 amide bonds. The lowest BCUT2D eigenvalue weighted by molar-refractivity contribution is 0.102. The molecule has 0 radical (unpaired) electrons. The van der Waals surface area contributed by atoms with Gasteiger partial charge in [0.15, 0.2) is 0 Å². The van der Waals surface area contributed by atoms with E-state index in [9.17, 15) is 4.79 Å². The summed E-state index contributed by atoms with van der Waals surface area (Å²) in [7, 11) is 1.68. The number of anilines is 1. The summed E-state index contributed by atoms with van der Waals surface area (Å²) < 4.78 is 1.45. The van der Waals surface area contributed by atoms with Crippen molar-refractivity contribution in [3.63, 3.8) is 0 Å².